The van der Waals surface area contributed by atoms with E-state index in [1.165, 1.54) is 0 Å². The Kier molecular flexibility index (Phi) is 5.40. The predicted octanol–water partition coefficient (Wildman–Crippen LogP) is 4.03. The van der Waals surface area contributed by atoms with Crippen LogP contribution in [-0.4, -0.2) is 22.1 Å². The first-order valence-electron chi connectivity index (χ1n) is 9.59. The molecule has 0 saturated carbocycles. The molecule has 1 unspecified atom stereocenters. The molecule has 30 heavy (non-hydrogen) atoms. The molecule has 2 N–H and O–H groups in total. The van der Waals surface area contributed by atoms with E-state index in [4.69, 9.17) is 19.3 Å². The Morgan fingerprint density at radius 3 is 2.60 bits per heavy atom. The number of benzene rings is 3. The van der Waals surface area contributed by atoms with Crippen molar-refractivity contribution in [1.82, 2.24) is 0 Å². The molecule has 3 aromatic carbocycles. The fourth-order valence-corrected chi connectivity index (χ4v) is 4.44. The summed E-state index contributed by atoms with van der Waals surface area (Å²) in [4.78, 5) is 0. The van der Waals surface area contributed by atoms with Crippen LogP contribution in [0.1, 0.15) is 29.7 Å². The predicted molar refractivity (Wildman–Crippen MR) is 115 cm³/mol. The van der Waals surface area contributed by atoms with Crippen molar-refractivity contribution >= 4 is 10.0 Å². The van der Waals surface area contributed by atoms with Gasteiger partial charge in [0.2, 0.25) is 10.0 Å². The van der Waals surface area contributed by atoms with Crippen LogP contribution in [0.25, 0.3) is 11.1 Å². The molecule has 0 saturated heterocycles. The van der Waals surface area contributed by atoms with Crippen molar-refractivity contribution in [3.63, 3.8) is 0 Å². The third-order valence-corrected chi connectivity index (χ3v) is 5.70. The topological polar surface area (TPSA) is 87.8 Å². The van der Waals surface area contributed by atoms with Crippen LogP contribution in [0.15, 0.2) is 60.7 Å². The normalized spacial score (nSPS) is 15.0. The van der Waals surface area contributed by atoms with Crippen molar-refractivity contribution in [1.29, 1.82) is 0 Å². The molecule has 1 aliphatic rings. The lowest BCUT2D eigenvalue weighted by Gasteiger charge is -2.30. The minimum atomic E-state index is -3.66. The zero-order chi connectivity index (χ0) is 21.3. The van der Waals surface area contributed by atoms with Gasteiger partial charge >= 0.3 is 0 Å². The number of primary sulfonamides is 1. The molecule has 0 spiro atoms. The van der Waals surface area contributed by atoms with Crippen LogP contribution >= 0.6 is 0 Å². The molecule has 0 radical (unpaired) electrons. The van der Waals surface area contributed by atoms with Crippen LogP contribution < -0.4 is 19.3 Å². The molecule has 1 aliphatic heterocycles. The lowest BCUT2D eigenvalue weighted by molar-refractivity contribution is 0.241. The molecule has 0 bridgehead atoms. The van der Waals surface area contributed by atoms with Gasteiger partial charge in [-0.25, -0.2) is 13.6 Å². The second-order valence-electron chi connectivity index (χ2n) is 7.07. The van der Waals surface area contributed by atoms with Crippen molar-refractivity contribution in [3.8, 4) is 28.4 Å². The number of methoxy groups -OCH3 is 1. The summed E-state index contributed by atoms with van der Waals surface area (Å²) in [6, 6.07) is 18.9. The second kappa shape index (κ2) is 8.01. The Labute approximate surface area is 176 Å². The molecule has 7 heteroatoms. The molecule has 1 heterocycles. The van der Waals surface area contributed by atoms with E-state index in [9.17, 15) is 8.42 Å². The highest BCUT2D eigenvalue weighted by Gasteiger charge is 2.30. The van der Waals surface area contributed by atoms with Crippen LogP contribution in [0.2, 0.25) is 0 Å². The van der Waals surface area contributed by atoms with Gasteiger partial charge in [-0.05, 0) is 42.3 Å². The van der Waals surface area contributed by atoms with Crippen molar-refractivity contribution in [2.75, 3.05) is 13.7 Å². The van der Waals surface area contributed by atoms with E-state index >= 15 is 0 Å². The van der Waals surface area contributed by atoms with Gasteiger partial charge in [-0.2, -0.15) is 0 Å². The average molecular weight is 426 g/mol. The first kappa shape index (κ1) is 20.3. The minimum absolute atomic E-state index is 0.245. The van der Waals surface area contributed by atoms with Gasteiger partial charge < -0.3 is 14.2 Å². The zero-order valence-corrected chi connectivity index (χ0v) is 17.6. The van der Waals surface area contributed by atoms with Gasteiger partial charge in [0.1, 0.15) is 23.4 Å². The molecule has 0 aromatic heterocycles. The maximum absolute atomic E-state index is 11.6. The number of hydrogen-bond donors (Lipinski definition) is 1. The smallest absolute Gasteiger partial charge is 0.213 e. The van der Waals surface area contributed by atoms with Gasteiger partial charge in [-0.3, -0.25) is 0 Å². The van der Waals surface area contributed by atoms with E-state index in [-0.39, 0.29) is 5.75 Å². The van der Waals surface area contributed by atoms with E-state index in [0.717, 1.165) is 28.0 Å². The molecule has 0 aliphatic carbocycles. The quantitative estimate of drug-likeness (QED) is 0.644. The maximum atomic E-state index is 11.6. The number of fused-ring (bicyclic) bond motifs is 3. The number of ether oxygens (including phenoxy) is 3. The monoisotopic (exact) mass is 425 g/mol. The molecule has 4 rings (SSSR count). The highest BCUT2D eigenvalue weighted by Crippen LogP contribution is 2.49. The molecule has 6 nitrogen and oxygen atoms in total. The van der Waals surface area contributed by atoms with E-state index in [0.29, 0.717) is 23.7 Å². The zero-order valence-electron chi connectivity index (χ0n) is 16.8. The Hall–Kier alpha value is -3.03. The van der Waals surface area contributed by atoms with Crippen LogP contribution in [0.5, 0.6) is 17.2 Å². The van der Waals surface area contributed by atoms with Crippen molar-refractivity contribution < 1.29 is 22.6 Å². The molecule has 0 amide bonds. The number of nitrogens with two attached hydrogens (primary N) is 1. The molecular weight excluding hydrogens is 402 g/mol. The summed E-state index contributed by atoms with van der Waals surface area (Å²) in [6.07, 6.45) is -0.430. The first-order chi connectivity index (χ1) is 14.4. The maximum Gasteiger partial charge on any atom is 0.213 e. The molecule has 156 valence electrons. The SMILES string of the molecule is CCOc1cccc(C2Oc3cccc(OC)c3-c3ccc(CS(N)(=O)=O)cc32)c1. The number of rotatable bonds is 6. The fraction of sp³-hybridized carbons (Fsp3) is 0.217. The summed E-state index contributed by atoms with van der Waals surface area (Å²) >= 11 is 0. The third kappa shape index (κ3) is 3.99. The lowest BCUT2D eigenvalue weighted by Crippen LogP contribution is -2.18. The van der Waals surface area contributed by atoms with Gasteiger partial charge in [-0.15, -0.1) is 0 Å². The summed E-state index contributed by atoms with van der Waals surface area (Å²) in [6.45, 7) is 2.49. The third-order valence-electron chi connectivity index (χ3n) is 4.96. The van der Waals surface area contributed by atoms with Gasteiger partial charge in [0.15, 0.2) is 0 Å². The first-order valence-corrected chi connectivity index (χ1v) is 11.3. The van der Waals surface area contributed by atoms with Gasteiger partial charge in [0.05, 0.1) is 25.0 Å². The molecule has 3 aromatic rings. The summed E-state index contributed by atoms with van der Waals surface area (Å²) in [7, 11) is -2.05. The van der Waals surface area contributed by atoms with Crippen LogP contribution in [-0.2, 0) is 15.8 Å². The lowest BCUT2D eigenvalue weighted by atomic mass is 9.88. The Bertz CT molecular complexity index is 1190. The average Bonchev–Trinajstić information content (AvgIpc) is 2.71. The van der Waals surface area contributed by atoms with E-state index in [2.05, 4.69) is 0 Å². The highest BCUT2D eigenvalue weighted by atomic mass is 32.2. The Morgan fingerprint density at radius 2 is 1.87 bits per heavy atom. The molecule has 0 fully saturated rings. The van der Waals surface area contributed by atoms with Gasteiger partial charge in [0.25, 0.3) is 0 Å². The van der Waals surface area contributed by atoms with Crippen molar-refractivity contribution in [2.24, 2.45) is 5.14 Å². The minimum Gasteiger partial charge on any atom is -0.496 e. The van der Waals surface area contributed by atoms with E-state index in [1.54, 1.807) is 13.2 Å². The molecular formula is C23H23NO5S. The summed E-state index contributed by atoms with van der Waals surface area (Å²) in [5.41, 5.74) is 4.13. The van der Waals surface area contributed by atoms with Crippen LogP contribution in [0.4, 0.5) is 0 Å². The Morgan fingerprint density at radius 1 is 1.07 bits per heavy atom. The number of sulfonamides is 1. The highest BCUT2D eigenvalue weighted by molar-refractivity contribution is 7.88. The molecule has 1 atom stereocenters. The van der Waals surface area contributed by atoms with Crippen molar-refractivity contribution in [2.45, 2.75) is 18.8 Å². The van der Waals surface area contributed by atoms with Crippen molar-refractivity contribution in [3.05, 3.63) is 77.4 Å². The van der Waals surface area contributed by atoms with Gasteiger partial charge in [0, 0.05) is 11.1 Å². The standard InChI is InChI=1S/C23H23NO5S/c1-3-28-17-7-4-6-16(13-17)23-19-12-15(14-30(24,25)26)10-11-18(19)22-20(27-2)8-5-9-21(22)29-23/h4-13,23H,3,14H2,1-2H3,(H2,24,25,26). The summed E-state index contributed by atoms with van der Waals surface area (Å²) in [5, 5.41) is 5.27. The summed E-state index contributed by atoms with van der Waals surface area (Å²) < 4.78 is 40.9. The summed E-state index contributed by atoms with van der Waals surface area (Å²) in [5.74, 6) is 1.89. The van der Waals surface area contributed by atoms with E-state index < -0.39 is 16.1 Å². The fourth-order valence-electron chi connectivity index (χ4n) is 3.80. The largest absolute Gasteiger partial charge is 0.496 e. The number of hydrogen-bond acceptors (Lipinski definition) is 5. The Balaban J connectivity index is 1.89. The second-order valence-corrected chi connectivity index (χ2v) is 8.68. The van der Waals surface area contributed by atoms with Crippen LogP contribution in [0.3, 0.4) is 0 Å². The van der Waals surface area contributed by atoms with Crippen LogP contribution in [0, 0.1) is 0 Å². The van der Waals surface area contributed by atoms with Gasteiger partial charge in [-0.1, -0.05) is 36.4 Å². The van der Waals surface area contributed by atoms with E-state index in [1.807, 2.05) is 61.5 Å².